The van der Waals surface area contributed by atoms with Crippen molar-refractivity contribution in [3.8, 4) is 0 Å². The fourth-order valence-electron chi connectivity index (χ4n) is 3.49. The average molecular weight is 531 g/mol. The number of amides is 1. The smallest absolute Gasteiger partial charge is 0.243 e. The number of guanidine groups is 1. The van der Waals surface area contributed by atoms with E-state index in [1.165, 1.54) is 6.42 Å². The van der Waals surface area contributed by atoms with E-state index in [9.17, 15) is 4.79 Å². The van der Waals surface area contributed by atoms with Crippen LogP contribution in [0.1, 0.15) is 32.1 Å². The third-order valence-corrected chi connectivity index (χ3v) is 5.31. The molecule has 2 aliphatic heterocycles. The van der Waals surface area contributed by atoms with Gasteiger partial charge in [-0.3, -0.25) is 4.79 Å². The number of carbonyl (C=O) groups is 1. The fourth-order valence-corrected chi connectivity index (χ4v) is 3.49. The maximum atomic E-state index is 12.0. The van der Waals surface area contributed by atoms with E-state index in [0.717, 1.165) is 51.3 Å². The lowest BCUT2D eigenvalue weighted by Crippen LogP contribution is -2.50. The molecule has 1 aromatic rings. The van der Waals surface area contributed by atoms with Crippen molar-refractivity contribution in [2.75, 3.05) is 51.8 Å². The number of nitrogens with one attached hydrogen (secondary N) is 2. The second kappa shape index (κ2) is 12.9. The SMILES string of the molecule is CN(C)C(=O)CN=C(NCC1CCCCO1)NC1CCN(c2ncccn2)CC1.I. The van der Waals surface area contributed by atoms with Gasteiger partial charge in [0.2, 0.25) is 11.9 Å². The number of aromatic nitrogens is 2. The Hall–Kier alpha value is -1.69. The van der Waals surface area contributed by atoms with Gasteiger partial charge in [-0.05, 0) is 38.2 Å². The van der Waals surface area contributed by atoms with Crippen LogP contribution in [0, 0.1) is 0 Å². The minimum absolute atomic E-state index is 0. The molecule has 2 N–H and O–H groups in total. The summed E-state index contributed by atoms with van der Waals surface area (Å²) in [5.74, 6) is 1.45. The van der Waals surface area contributed by atoms with Gasteiger partial charge in [0, 0.05) is 58.8 Å². The number of carbonyl (C=O) groups excluding carboxylic acids is 1. The molecule has 10 heteroatoms. The molecule has 30 heavy (non-hydrogen) atoms. The molecule has 0 radical (unpaired) electrons. The molecule has 1 atom stereocenters. The van der Waals surface area contributed by atoms with Crippen molar-refractivity contribution in [3.05, 3.63) is 18.5 Å². The summed E-state index contributed by atoms with van der Waals surface area (Å²) < 4.78 is 5.80. The van der Waals surface area contributed by atoms with Gasteiger partial charge in [0.25, 0.3) is 0 Å². The normalized spacial score (nSPS) is 20.3. The van der Waals surface area contributed by atoms with Crippen molar-refractivity contribution >= 4 is 41.8 Å². The van der Waals surface area contributed by atoms with Gasteiger partial charge in [-0.25, -0.2) is 15.0 Å². The molecule has 0 bridgehead atoms. The number of nitrogens with zero attached hydrogens (tertiary/aromatic N) is 5. The third kappa shape index (κ3) is 7.86. The van der Waals surface area contributed by atoms with Crippen LogP contribution in [0.15, 0.2) is 23.5 Å². The maximum Gasteiger partial charge on any atom is 0.243 e. The van der Waals surface area contributed by atoms with Crippen LogP contribution in [0.25, 0.3) is 0 Å². The summed E-state index contributed by atoms with van der Waals surface area (Å²) in [5.41, 5.74) is 0. The lowest BCUT2D eigenvalue weighted by molar-refractivity contribution is -0.127. The summed E-state index contributed by atoms with van der Waals surface area (Å²) >= 11 is 0. The summed E-state index contributed by atoms with van der Waals surface area (Å²) in [5, 5.41) is 6.89. The number of anilines is 1. The first kappa shape index (κ1) is 24.6. The number of halogens is 1. The zero-order chi connectivity index (χ0) is 20.5. The minimum atomic E-state index is -0.0175. The molecule has 2 fully saturated rings. The molecule has 3 heterocycles. The van der Waals surface area contributed by atoms with Crippen LogP contribution >= 0.6 is 24.0 Å². The Morgan fingerprint density at radius 3 is 2.60 bits per heavy atom. The Balaban J connectivity index is 0.00000320. The molecule has 1 amide bonds. The van der Waals surface area contributed by atoms with Crippen LogP contribution in [0.3, 0.4) is 0 Å². The Kier molecular flexibility index (Phi) is 10.6. The first-order chi connectivity index (χ1) is 14.1. The largest absolute Gasteiger partial charge is 0.376 e. The number of hydrogen-bond acceptors (Lipinski definition) is 6. The molecular formula is C20H34IN7O2. The summed E-state index contributed by atoms with van der Waals surface area (Å²) in [6.45, 7) is 3.43. The molecule has 2 aliphatic rings. The standard InChI is InChI=1S/C20H33N7O2.HI/c1-26(2)18(28)15-24-19(23-14-17-6-3-4-13-29-17)25-16-7-11-27(12-8-16)20-21-9-5-10-22-20;/h5,9-10,16-17H,3-4,6-8,11-15H2,1-2H3,(H2,23,24,25);1H. The Morgan fingerprint density at radius 1 is 1.23 bits per heavy atom. The van der Waals surface area contributed by atoms with E-state index in [-0.39, 0.29) is 42.5 Å². The van der Waals surface area contributed by atoms with Crippen LogP contribution in [0.2, 0.25) is 0 Å². The predicted molar refractivity (Wildman–Crippen MR) is 128 cm³/mol. The monoisotopic (exact) mass is 531 g/mol. The van der Waals surface area contributed by atoms with Crippen LogP contribution < -0.4 is 15.5 Å². The molecule has 1 unspecified atom stereocenters. The number of likely N-dealkylation sites (N-methyl/N-ethyl adjacent to an activating group) is 1. The van der Waals surface area contributed by atoms with Gasteiger partial charge in [-0.15, -0.1) is 24.0 Å². The molecule has 168 valence electrons. The van der Waals surface area contributed by atoms with Gasteiger partial charge in [0.15, 0.2) is 5.96 Å². The van der Waals surface area contributed by atoms with Crippen molar-refractivity contribution in [2.45, 2.75) is 44.2 Å². The van der Waals surface area contributed by atoms with Crippen LogP contribution in [-0.2, 0) is 9.53 Å². The van der Waals surface area contributed by atoms with Crippen molar-refractivity contribution in [1.29, 1.82) is 0 Å². The van der Waals surface area contributed by atoms with Crippen molar-refractivity contribution in [2.24, 2.45) is 4.99 Å². The van der Waals surface area contributed by atoms with E-state index < -0.39 is 0 Å². The second-order valence-electron chi connectivity index (χ2n) is 7.78. The van der Waals surface area contributed by atoms with E-state index in [2.05, 4.69) is 30.5 Å². The summed E-state index contributed by atoms with van der Waals surface area (Å²) in [7, 11) is 3.49. The van der Waals surface area contributed by atoms with Gasteiger partial charge >= 0.3 is 0 Å². The second-order valence-corrected chi connectivity index (χ2v) is 7.78. The first-order valence-corrected chi connectivity index (χ1v) is 10.5. The first-order valence-electron chi connectivity index (χ1n) is 10.5. The molecule has 1 aromatic heterocycles. The van der Waals surface area contributed by atoms with Crippen LogP contribution in [0.5, 0.6) is 0 Å². The van der Waals surface area contributed by atoms with E-state index in [1.807, 2.05) is 6.07 Å². The molecule has 0 spiro atoms. The molecule has 2 saturated heterocycles. The van der Waals surface area contributed by atoms with Crippen LogP contribution in [0.4, 0.5) is 5.95 Å². The summed E-state index contributed by atoms with van der Waals surface area (Å²) in [6, 6.07) is 2.13. The molecule has 3 rings (SSSR count). The Bertz CT molecular complexity index is 660. The predicted octanol–water partition coefficient (Wildman–Crippen LogP) is 1.26. The average Bonchev–Trinajstić information content (AvgIpc) is 2.77. The van der Waals surface area contributed by atoms with Crippen LogP contribution in [-0.4, -0.2) is 85.8 Å². The maximum absolute atomic E-state index is 12.0. The number of hydrogen-bond donors (Lipinski definition) is 2. The highest BCUT2D eigenvalue weighted by Gasteiger charge is 2.22. The van der Waals surface area contributed by atoms with Gasteiger partial charge < -0.3 is 25.2 Å². The van der Waals surface area contributed by atoms with Crippen molar-refractivity contribution in [3.63, 3.8) is 0 Å². The summed E-state index contributed by atoms with van der Waals surface area (Å²) in [6.07, 6.45) is 9.07. The minimum Gasteiger partial charge on any atom is -0.376 e. The lowest BCUT2D eigenvalue weighted by atomic mass is 10.1. The lowest BCUT2D eigenvalue weighted by Gasteiger charge is -2.33. The van der Waals surface area contributed by atoms with E-state index in [4.69, 9.17) is 4.74 Å². The third-order valence-electron chi connectivity index (χ3n) is 5.31. The van der Waals surface area contributed by atoms with Gasteiger partial charge in [0.05, 0.1) is 6.10 Å². The van der Waals surface area contributed by atoms with E-state index in [1.54, 1.807) is 31.4 Å². The number of aliphatic imine (C=N–C) groups is 1. The van der Waals surface area contributed by atoms with Crippen molar-refractivity contribution < 1.29 is 9.53 Å². The molecular weight excluding hydrogens is 497 g/mol. The quantitative estimate of drug-likeness (QED) is 0.324. The number of piperidine rings is 1. The van der Waals surface area contributed by atoms with Crippen molar-refractivity contribution in [1.82, 2.24) is 25.5 Å². The molecule has 0 saturated carbocycles. The number of ether oxygens (including phenoxy) is 1. The zero-order valence-electron chi connectivity index (χ0n) is 17.9. The Morgan fingerprint density at radius 2 is 1.97 bits per heavy atom. The highest BCUT2D eigenvalue weighted by Crippen LogP contribution is 2.15. The fraction of sp³-hybridized carbons (Fsp3) is 0.700. The number of rotatable bonds is 6. The van der Waals surface area contributed by atoms with E-state index in [0.29, 0.717) is 18.5 Å². The molecule has 0 aliphatic carbocycles. The van der Waals surface area contributed by atoms with E-state index >= 15 is 0 Å². The molecule has 0 aromatic carbocycles. The van der Waals surface area contributed by atoms with Gasteiger partial charge in [-0.2, -0.15) is 0 Å². The zero-order valence-corrected chi connectivity index (χ0v) is 20.2. The van der Waals surface area contributed by atoms with Gasteiger partial charge in [0.1, 0.15) is 6.54 Å². The van der Waals surface area contributed by atoms with Gasteiger partial charge in [-0.1, -0.05) is 0 Å². The highest BCUT2D eigenvalue weighted by atomic mass is 127. The summed E-state index contributed by atoms with van der Waals surface area (Å²) in [4.78, 5) is 28.9. The molecule has 9 nitrogen and oxygen atoms in total. The highest BCUT2D eigenvalue weighted by molar-refractivity contribution is 14.0. The topological polar surface area (TPSA) is 95.0 Å². The Labute approximate surface area is 196 Å².